The Labute approximate surface area is 181 Å². The molecule has 1 aromatic carbocycles. The molecule has 9 nitrogen and oxygen atoms in total. The minimum atomic E-state index is 0.131. The molecule has 0 aliphatic carbocycles. The third-order valence-corrected chi connectivity index (χ3v) is 5.87. The molecule has 3 aliphatic heterocycles. The Morgan fingerprint density at radius 2 is 1.71 bits per heavy atom. The van der Waals surface area contributed by atoms with Crippen LogP contribution in [0.25, 0.3) is 0 Å². The van der Waals surface area contributed by atoms with Crippen molar-refractivity contribution in [2.45, 2.75) is 13.3 Å². The van der Waals surface area contributed by atoms with Crippen molar-refractivity contribution in [1.82, 2.24) is 14.9 Å². The van der Waals surface area contributed by atoms with E-state index in [2.05, 4.69) is 14.8 Å². The number of aryl methyl sites for hydroxylation is 1. The van der Waals surface area contributed by atoms with Crippen LogP contribution in [0.2, 0.25) is 0 Å². The van der Waals surface area contributed by atoms with Gasteiger partial charge in [-0.05, 0) is 24.6 Å². The Balaban J connectivity index is 1.20. The van der Waals surface area contributed by atoms with Crippen LogP contribution in [0.1, 0.15) is 11.3 Å². The molecule has 0 bridgehead atoms. The molecule has 0 N–H and O–H groups in total. The molecule has 2 saturated heterocycles. The van der Waals surface area contributed by atoms with E-state index in [4.69, 9.17) is 19.2 Å². The highest BCUT2D eigenvalue weighted by Gasteiger charge is 2.24. The van der Waals surface area contributed by atoms with E-state index in [1.165, 1.54) is 0 Å². The number of hydrogen-bond donors (Lipinski definition) is 0. The van der Waals surface area contributed by atoms with Crippen LogP contribution in [-0.4, -0.2) is 80.1 Å². The number of amides is 1. The van der Waals surface area contributed by atoms with Gasteiger partial charge in [-0.2, -0.15) is 4.98 Å². The fourth-order valence-electron chi connectivity index (χ4n) is 4.13. The molecule has 2 fully saturated rings. The van der Waals surface area contributed by atoms with Gasteiger partial charge in [-0.15, -0.1) is 0 Å². The summed E-state index contributed by atoms with van der Waals surface area (Å²) in [6.07, 6.45) is 0.366. The van der Waals surface area contributed by atoms with Crippen molar-refractivity contribution in [2.24, 2.45) is 0 Å². The van der Waals surface area contributed by atoms with Gasteiger partial charge < -0.3 is 28.9 Å². The minimum absolute atomic E-state index is 0.131. The van der Waals surface area contributed by atoms with Crippen molar-refractivity contribution in [2.75, 3.05) is 69.1 Å². The molecule has 0 saturated carbocycles. The maximum Gasteiger partial charge on any atom is 0.231 e. The number of aromatic nitrogens is 2. The van der Waals surface area contributed by atoms with Gasteiger partial charge in [0.25, 0.3) is 0 Å². The first-order chi connectivity index (χ1) is 15.2. The molecular weight excluding hydrogens is 398 g/mol. The van der Waals surface area contributed by atoms with Crippen LogP contribution in [-0.2, 0) is 16.0 Å². The Morgan fingerprint density at radius 3 is 2.52 bits per heavy atom. The van der Waals surface area contributed by atoms with Crippen LogP contribution in [0.3, 0.4) is 0 Å². The number of nitrogens with zero attached hydrogens (tertiary/aromatic N) is 5. The van der Waals surface area contributed by atoms with Gasteiger partial charge in [0, 0.05) is 51.0 Å². The number of carbonyl (C=O) groups excluding carboxylic acids is 1. The predicted octanol–water partition coefficient (Wildman–Crippen LogP) is 1.24. The van der Waals surface area contributed by atoms with Crippen LogP contribution >= 0.6 is 0 Å². The summed E-state index contributed by atoms with van der Waals surface area (Å²) in [7, 11) is 0. The highest BCUT2D eigenvalue weighted by molar-refractivity contribution is 5.79. The molecule has 164 valence electrons. The number of piperazine rings is 1. The van der Waals surface area contributed by atoms with Gasteiger partial charge in [-0.3, -0.25) is 4.79 Å². The predicted molar refractivity (Wildman–Crippen MR) is 115 cm³/mol. The average Bonchev–Trinajstić information content (AvgIpc) is 3.27. The number of rotatable bonds is 4. The summed E-state index contributed by atoms with van der Waals surface area (Å²) < 4.78 is 16.2. The molecule has 1 amide bonds. The first kappa shape index (κ1) is 19.9. The third kappa shape index (κ3) is 4.36. The summed E-state index contributed by atoms with van der Waals surface area (Å²) in [4.78, 5) is 28.6. The highest BCUT2D eigenvalue weighted by atomic mass is 16.7. The van der Waals surface area contributed by atoms with Gasteiger partial charge >= 0.3 is 0 Å². The van der Waals surface area contributed by atoms with E-state index >= 15 is 0 Å². The van der Waals surface area contributed by atoms with Crippen molar-refractivity contribution < 1.29 is 19.0 Å². The lowest BCUT2D eigenvalue weighted by Crippen LogP contribution is -2.49. The smallest absolute Gasteiger partial charge is 0.231 e. The number of carbonyl (C=O) groups is 1. The number of benzene rings is 1. The molecule has 3 aliphatic rings. The normalized spacial score (nSPS) is 18.4. The van der Waals surface area contributed by atoms with E-state index in [1.807, 2.05) is 36.1 Å². The van der Waals surface area contributed by atoms with Gasteiger partial charge in [0.2, 0.25) is 18.6 Å². The molecule has 0 radical (unpaired) electrons. The number of morpholine rings is 1. The molecular formula is C22H27N5O4. The van der Waals surface area contributed by atoms with E-state index in [0.717, 1.165) is 55.0 Å². The summed E-state index contributed by atoms with van der Waals surface area (Å²) in [5.41, 5.74) is 1.89. The van der Waals surface area contributed by atoms with E-state index < -0.39 is 0 Å². The molecule has 0 atom stereocenters. The van der Waals surface area contributed by atoms with Crippen molar-refractivity contribution in [3.8, 4) is 11.5 Å². The summed E-state index contributed by atoms with van der Waals surface area (Å²) in [6, 6.07) is 7.71. The van der Waals surface area contributed by atoms with Crippen LogP contribution in [0.5, 0.6) is 11.5 Å². The van der Waals surface area contributed by atoms with Gasteiger partial charge in [-0.1, -0.05) is 6.07 Å². The fraction of sp³-hybridized carbons (Fsp3) is 0.500. The third-order valence-electron chi connectivity index (χ3n) is 5.87. The maximum absolute atomic E-state index is 12.8. The van der Waals surface area contributed by atoms with E-state index in [9.17, 15) is 4.79 Å². The summed E-state index contributed by atoms with van der Waals surface area (Å²) >= 11 is 0. The second-order valence-electron chi connectivity index (χ2n) is 8.00. The molecule has 0 spiro atoms. The van der Waals surface area contributed by atoms with Gasteiger partial charge in [0.1, 0.15) is 5.82 Å². The van der Waals surface area contributed by atoms with E-state index in [-0.39, 0.29) is 12.7 Å². The minimum Gasteiger partial charge on any atom is -0.454 e. The Kier molecular flexibility index (Phi) is 5.50. The second-order valence-corrected chi connectivity index (χ2v) is 8.00. The lowest BCUT2D eigenvalue weighted by atomic mass is 10.1. The molecule has 4 heterocycles. The van der Waals surface area contributed by atoms with Gasteiger partial charge in [0.05, 0.1) is 19.6 Å². The lowest BCUT2D eigenvalue weighted by molar-refractivity contribution is -0.130. The molecule has 2 aromatic rings. The largest absolute Gasteiger partial charge is 0.454 e. The Bertz CT molecular complexity index is 955. The zero-order valence-electron chi connectivity index (χ0n) is 17.7. The quantitative estimate of drug-likeness (QED) is 0.724. The SMILES string of the molecule is Cc1cc(N2CCN(C(=O)Cc3ccc4c(c3)OCO4)CC2)nc(N2CCOCC2)n1. The monoisotopic (exact) mass is 425 g/mol. The zero-order valence-corrected chi connectivity index (χ0v) is 17.7. The first-order valence-corrected chi connectivity index (χ1v) is 10.8. The number of ether oxygens (including phenoxy) is 3. The van der Waals surface area contributed by atoms with Crippen molar-refractivity contribution in [3.63, 3.8) is 0 Å². The Hall–Kier alpha value is -3.07. The molecule has 31 heavy (non-hydrogen) atoms. The van der Waals surface area contributed by atoms with Crippen LogP contribution < -0.4 is 19.3 Å². The average molecular weight is 425 g/mol. The van der Waals surface area contributed by atoms with Crippen molar-refractivity contribution in [1.29, 1.82) is 0 Å². The zero-order chi connectivity index (χ0) is 21.2. The Morgan fingerprint density at radius 1 is 0.935 bits per heavy atom. The van der Waals surface area contributed by atoms with Crippen LogP contribution in [0, 0.1) is 6.92 Å². The molecule has 9 heteroatoms. The first-order valence-electron chi connectivity index (χ1n) is 10.8. The lowest BCUT2D eigenvalue weighted by Gasteiger charge is -2.36. The summed E-state index contributed by atoms with van der Waals surface area (Å²) in [6.45, 7) is 8.14. The molecule has 5 rings (SSSR count). The van der Waals surface area contributed by atoms with Crippen LogP contribution in [0.4, 0.5) is 11.8 Å². The number of hydrogen-bond acceptors (Lipinski definition) is 8. The second kappa shape index (κ2) is 8.58. The molecule has 1 aromatic heterocycles. The standard InChI is InChI=1S/C22H27N5O4/c1-16-12-20(24-22(23-16)27-8-10-29-11-9-27)25-4-6-26(7-5-25)21(28)14-17-2-3-18-19(13-17)31-15-30-18/h2-3,12-13H,4-11,14-15H2,1H3. The summed E-state index contributed by atoms with van der Waals surface area (Å²) in [5.74, 6) is 3.27. The van der Waals surface area contributed by atoms with Crippen LogP contribution in [0.15, 0.2) is 24.3 Å². The van der Waals surface area contributed by atoms with E-state index in [0.29, 0.717) is 38.5 Å². The van der Waals surface area contributed by atoms with Crippen molar-refractivity contribution >= 4 is 17.7 Å². The fourth-order valence-corrected chi connectivity index (χ4v) is 4.13. The summed E-state index contributed by atoms with van der Waals surface area (Å²) in [5, 5.41) is 0. The maximum atomic E-state index is 12.8. The number of anilines is 2. The topological polar surface area (TPSA) is 80.3 Å². The van der Waals surface area contributed by atoms with E-state index in [1.54, 1.807) is 0 Å². The molecule has 0 unspecified atom stereocenters. The van der Waals surface area contributed by atoms with Gasteiger partial charge in [0.15, 0.2) is 11.5 Å². The number of fused-ring (bicyclic) bond motifs is 1. The van der Waals surface area contributed by atoms with Crippen molar-refractivity contribution in [3.05, 3.63) is 35.5 Å². The van der Waals surface area contributed by atoms with Gasteiger partial charge in [-0.25, -0.2) is 4.98 Å². The highest BCUT2D eigenvalue weighted by Crippen LogP contribution is 2.32.